The summed E-state index contributed by atoms with van der Waals surface area (Å²) in [6.45, 7) is 4.46. The highest BCUT2D eigenvalue weighted by Gasteiger charge is 1.93. The van der Waals surface area contributed by atoms with Crippen LogP contribution in [0.1, 0.15) is 37.8 Å². The molecule has 0 radical (unpaired) electrons. The summed E-state index contributed by atoms with van der Waals surface area (Å²) in [7, 11) is 0. The van der Waals surface area contributed by atoms with Gasteiger partial charge in [0.2, 0.25) is 0 Å². The highest BCUT2D eigenvalue weighted by atomic mass is 14.0. The van der Waals surface area contributed by atoms with Crippen molar-refractivity contribution in [3.8, 4) is 0 Å². The maximum atomic E-state index is 2.34. The van der Waals surface area contributed by atoms with E-state index < -0.39 is 0 Å². The minimum Gasteiger partial charge on any atom is -0.0651 e. The molecule has 0 aliphatic heterocycles. The second-order valence-electron chi connectivity index (χ2n) is 3.32. The van der Waals surface area contributed by atoms with Crippen LogP contribution in [0.15, 0.2) is 24.3 Å². The van der Waals surface area contributed by atoms with Crippen LogP contribution in [0.4, 0.5) is 0 Å². The molecule has 0 aromatic heterocycles. The molecule has 0 bridgehead atoms. The summed E-state index contributed by atoms with van der Waals surface area (Å²) < 4.78 is 0. The van der Waals surface area contributed by atoms with Crippen molar-refractivity contribution in [3.05, 3.63) is 35.4 Å². The average molecular weight is 162 g/mol. The topological polar surface area (TPSA) is 0 Å². The first-order valence-corrected chi connectivity index (χ1v) is 4.94. The molecule has 0 heterocycles. The van der Waals surface area contributed by atoms with Crippen LogP contribution < -0.4 is 0 Å². The summed E-state index contributed by atoms with van der Waals surface area (Å²) >= 11 is 0. The maximum absolute atomic E-state index is 2.34. The summed E-state index contributed by atoms with van der Waals surface area (Å²) in [5.41, 5.74) is 2.98. The first-order chi connectivity index (χ1) is 5.86. The van der Waals surface area contributed by atoms with E-state index in [0.717, 1.165) is 0 Å². The van der Waals surface area contributed by atoms with Gasteiger partial charge in [0.05, 0.1) is 0 Å². The van der Waals surface area contributed by atoms with Gasteiger partial charge >= 0.3 is 0 Å². The standard InChI is InChI=1S/C12H18/c1-3-6-11-8-5-9-12(10-11)7-4-2/h5,8-10H,3-4,6-7H2,1-2H3. The molecule has 0 heteroatoms. The first kappa shape index (κ1) is 9.31. The van der Waals surface area contributed by atoms with Gasteiger partial charge in [0.1, 0.15) is 0 Å². The van der Waals surface area contributed by atoms with E-state index in [1.165, 1.54) is 36.8 Å². The Bertz CT molecular complexity index is 204. The van der Waals surface area contributed by atoms with Crippen LogP contribution in [0.2, 0.25) is 0 Å². The zero-order valence-corrected chi connectivity index (χ0v) is 8.14. The largest absolute Gasteiger partial charge is 0.0651 e. The molecule has 1 rings (SSSR count). The van der Waals surface area contributed by atoms with Gasteiger partial charge in [-0.15, -0.1) is 0 Å². The molecule has 1 aromatic rings. The van der Waals surface area contributed by atoms with E-state index in [1.807, 2.05) is 0 Å². The van der Waals surface area contributed by atoms with E-state index in [4.69, 9.17) is 0 Å². The third kappa shape index (κ3) is 2.69. The van der Waals surface area contributed by atoms with Crippen LogP contribution in [0, 0.1) is 0 Å². The Morgan fingerprint density at radius 3 is 1.83 bits per heavy atom. The second-order valence-corrected chi connectivity index (χ2v) is 3.32. The third-order valence-corrected chi connectivity index (χ3v) is 2.07. The molecule has 0 atom stereocenters. The molecule has 0 saturated carbocycles. The predicted molar refractivity (Wildman–Crippen MR) is 54.4 cm³/mol. The number of hydrogen-bond donors (Lipinski definition) is 0. The van der Waals surface area contributed by atoms with Gasteiger partial charge in [-0.05, 0) is 24.0 Å². The average Bonchev–Trinajstić information content (AvgIpc) is 2.06. The summed E-state index contributed by atoms with van der Waals surface area (Å²) in [5, 5.41) is 0. The molecule has 0 nitrogen and oxygen atoms in total. The minimum absolute atomic E-state index is 1.22. The molecule has 1 aromatic carbocycles. The summed E-state index contributed by atoms with van der Waals surface area (Å²) in [6, 6.07) is 8.97. The minimum atomic E-state index is 1.22. The zero-order valence-electron chi connectivity index (χ0n) is 8.14. The monoisotopic (exact) mass is 162 g/mol. The van der Waals surface area contributed by atoms with Gasteiger partial charge in [-0.25, -0.2) is 0 Å². The van der Waals surface area contributed by atoms with Crippen molar-refractivity contribution in [2.45, 2.75) is 39.5 Å². The van der Waals surface area contributed by atoms with E-state index in [1.54, 1.807) is 0 Å². The fourth-order valence-corrected chi connectivity index (χ4v) is 1.52. The van der Waals surface area contributed by atoms with Gasteiger partial charge in [-0.1, -0.05) is 51.0 Å². The van der Waals surface area contributed by atoms with Crippen molar-refractivity contribution in [1.29, 1.82) is 0 Å². The van der Waals surface area contributed by atoms with Crippen molar-refractivity contribution in [2.75, 3.05) is 0 Å². The first-order valence-electron chi connectivity index (χ1n) is 4.94. The molecule has 66 valence electrons. The smallest absolute Gasteiger partial charge is 0.0281 e. The molecule has 0 saturated heterocycles. The molecule has 0 aliphatic rings. The molecule has 0 aliphatic carbocycles. The van der Waals surface area contributed by atoms with Crippen molar-refractivity contribution in [1.82, 2.24) is 0 Å². The summed E-state index contributed by atoms with van der Waals surface area (Å²) in [5.74, 6) is 0. The molecule has 12 heavy (non-hydrogen) atoms. The number of benzene rings is 1. The predicted octanol–water partition coefficient (Wildman–Crippen LogP) is 3.59. The molecule has 0 N–H and O–H groups in total. The van der Waals surface area contributed by atoms with Gasteiger partial charge in [0.15, 0.2) is 0 Å². The Kier molecular flexibility index (Phi) is 3.86. The number of rotatable bonds is 4. The third-order valence-electron chi connectivity index (χ3n) is 2.07. The Balaban J connectivity index is 2.67. The second kappa shape index (κ2) is 4.97. The Hall–Kier alpha value is -0.780. The summed E-state index contributed by atoms with van der Waals surface area (Å²) in [4.78, 5) is 0. The lowest BCUT2D eigenvalue weighted by molar-refractivity contribution is 0.895. The lowest BCUT2D eigenvalue weighted by Crippen LogP contribution is -1.87. The molecule has 0 amide bonds. The zero-order chi connectivity index (χ0) is 8.81. The Morgan fingerprint density at radius 1 is 0.917 bits per heavy atom. The number of aryl methyl sites for hydroxylation is 2. The van der Waals surface area contributed by atoms with Gasteiger partial charge in [0, 0.05) is 0 Å². The van der Waals surface area contributed by atoms with Crippen molar-refractivity contribution >= 4 is 0 Å². The fourth-order valence-electron chi connectivity index (χ4n) is 1.52. The molecular formula is C12H18. The van der Waals surface area contributed by atoms with Gasteiger partial charge in [-0.3, -0.25) is 0 Å². The molecular weight excluding hydrogens is 144 g/mol. The highest BCUT2D eigenvalue weighted by molar-refractivity contribution is 5.23. The lowest BCUT2D eigenvalue weighted by atomic mass is 10.0. The Morgan fingerprint density at radius 2 is 1.42 bits per heavy atom. The van der Waals surface area contributed by atoms with Crippen molar-refractivity contribution in [2.24, 2.45) is 0 Å². The Labute approximate surface area is 75.6 Å². The van der Waals surface area contributed by atoms with Crippen LogP contribution in [-0.2, 0) is 12.8 Å². The lowest BCUT2D eigenvalue weighted by Gasteiger charge is -2.02. The van der Waals surface area contributed by atoms with Crippen molar-refractivity contribution in [3.63, 3.8) is 0 Å². The van der Waals surface area contributed by atoms with Crippen LogP contribution in [-0.4, -0.2) is 0 Å². The quantitative estimate of drug-likeness (QED) is 0.634. The molecule has 0 spiro atoms. The fraction of sp³-hybridized carbons (Fsp3) is 0.500. The van der Waals surface area contributed by atoms with Crippen LogP contribution in [0.5, 0.6) is 0 Å². The number of hydrogen-bond acceptors (Lipinski definition) is 0. The van der Waals surface area contributed by atoms with E-state index >= 15 is 0 Å². The van der Waals surface area contributed by atoms with E-state index in [0.29, 0.717) is 0 Å². The highest BCUT2D eigenvalue weighted by Crippen LogP contribution is 2.08. The van der Waals surface area contributed by atoms with E-state index in [9.17, 15) is 0 Å². The van der Waals surface area contributed by atoms with Crippen LogP contribution in [0.3, 0.4) is 0 Å². The maximum Gasteiger partial charge on any atom is -0.0281 e. The van der Waals surface area contributed by atoms with Crippen molar-refractivity contribution < 1.29 is 0 Å². The normalized spacial score (nSPS) is 10.2. The molecule has 0 fully saturated rings. The van der Waals surface area contributed by atoms with Gasteiger partial charge in [-0.2, -0.15) is 0 Å². The van der Waals surface area contributed by atoms with Crippen LogP contribution in [0.25, 0.3) is 0 Å². The SMILES string of the molecule is CCCc1cccc(CCC)c1. The van der Waals surface area contributed by atoms with Gasteiger partial charge < -0.3 is 0 Å². The van der Waals surface area contributed by atoms with E-state index in [2.05, 4.69) is 38.1 Å². The molecule has 0 unspecified atom stereocenters. The summed E-state index contributed by atoms with van der Waals surface area (Å²) in [6.07, 6.45) is 4.93. The van der Waals surface area contributed by atoms with E-state index in [-0.39, 0.29) is 0 Å². The van der Waals surface area contributed by atoms with Crippen LogP contribution >= 0.6 is 0 Å². The van der Waals surface area contributed by atoms with Gasteiger partial charge in [0.25, 0.3) is 0 Å².